The van der Waals surface area contributed by atoms with Crippen LogP contribution in [0.25, 0.3) is 11.2 Å². The van der Waals surface area contributed by atoms with Crippen molar-refractivity contribution in [3.8, 4) is 0 Å². The minimum Gasteiger partial charge on any atom is -0.475 e. The number of carboxylic acids is 1. The molecule has 3 aliphatic rings. The van der Waals surface area contributed by atoms with Crippen LogP contribution >= 0.6 is 0 Å². The first-order chi connectivity index (χ1) is 19.5. The number of aromatic nitrogens is 5. The van der Waals surface area contributed by atoms with E-state index in [-0.39, 0.29) is 17.9 Å². The second-order valence-corrected chi connectivity index (χ2v) is 12.3. The highest BCUT2D eigenvalue weighted by Crippen LogP contribution is 2.40. The van der Waals surface area contributed by atoms with Crippen LogP contribution in [0.3, 0.4) is 0 Å². The minimum absolute atomic E-state index is 0.172. The van der Waals surface area contributed by atoms with Crippen LogP contribution in [0.2, 0.25) is 0 Å². The third-order valence-electron chi connectivity index (χ3n) is 9.81. The molecule has 0 spiro atoms. The van der Waals surface area contributed by atoms with Crippen molar-refractivity contribution < 1.29 is 9.90 Å². The van der Waals surface area contributed by atoms with Gasteiger partial charge in [0.15, 0.2) is 11.5 Å². The molecule has 1 saturated heterocycles. The maximum Gasteiger partial charge on any atom is 0.374 e. The molecule has 40 heavy (non-hydrogen) atoms. The molecule has 1 aliphatic heterocycles. The Labute approximate surface area is 236 Å². The normalized spacial score (nSPS) is 24.6. The number of nitrogens with one attached hydrogen (secondary N) is 1. The zero-order valence-electron chi connectivity index (χ0n) is 23.9. The Kier molecular flexibility index (Phi) is 7.89. The van der Waals surface area contributed by atoms with E-state index in [1.807, 2.05) is 18.5 Å². The van der Waals surface area contributed by atoms with Crippen LogP contribution in [0.1, 0.15) is 107 Å². The molecule has 2 unspecified atom stereocenters. The van der Waals surface area contributed by atoms with Gasteiger partial charge in [-0.25, -0.2) is 14.8 Å². The monoisotopic (exact) mass is 545 g/mol. The van der Waals surface area contributed by atoms with Crippen LogP contribution in [-0.2, 0) is 6.54 Å². The molecule has 214 valence electrons. The highest BCUT2D eigenvalue weighted by molar-refractivity contribution is 5.91. The van der Waals surface area contributed by atoms with Gasteiger partial charge in [0, 0.05) is 31.5 Å². The van der Waals surface area contributed by atoms with E-state index in [1.165, 1.54) is 56.9 Å². The molecule has 0 aromatic carbocycles. The molecule has 0 amide bonds. The Morgan fingerprint density at radius 3 is 2.52 bits per heavy atom. The van der Waals surface area contributed by atoms with E-state index in [0.717, 1.165) is 49.7 Å². The van der Waals surface area contributed by atoms with Gasteiger partial charge in [-0.2, -0.15) is 4.98 Å². The number of carboxylic acid groups (broad SMARTS) is 1. The van der Waals surface area contributed by atoms with Crippen LogP contribution in [0.4, 0.5) is 11.8 Å². The van der Waals surface area contributed by atoms with Gasteiger partial charge in [0.05, 0.1) is 6.04 Å². The van der Waals surface area contributed by atoms with E-state index in [2.05, 4.69) is 49.6 Å². The van der Waals surface area contributed by atoms with Crippen LogP contribution in [0.5, 0.6) is 0 Å². The van der Waals surface area contributed by atoms with E-state index < -0.39 is 5.97 Å². The molecule has 3 fully saturated rings. The number of piperidine rings is 1. The molecule has 0 bridgehead atoms. The molecule has 9 heteroatoms. The van der Waals surface area contributed by atoms with Crippen molar-refractivity contribution in [3.05, 3.63) is 35.9 Å². The number of hydrogen-bond acceptors (Lipinski definition) is 7. The number of carbonyl (C=O) groups is 1. The molecule has 3 aromatic heterocycles. The fraction of sp³-hybridized carbons (Fsp3) is 0.645. The number of pyridine rings is 1. The lowest BCUT2D eigenvalue weighted by Gasteiger charge is -2.37. The maximum absolute atomic E-state index is 12.1. The summed E-state index contributed by atoms with van der Waals surface area (Å²) in [5.41, 5.74) is 2.52. The van der Waals surface area contributed by atoms with Crippen LogP contribution in [-0.4, -0.2) is 48.2 Å². The van der Waals surface area contributed by atoms with Gasteiger partial charge >= 0.3 is 5.97 Å². The third kappa shape index (κ3) is 5.39. The summed E-state index contributed by atoms with van der Waals surface area (Å²) in [7, 11) is 0. The molecule has 4 heterocycles. The third-order valence-corrected chi connectivity index (χ3v) is 9.81. The van der Waals surface area contributed by atoms with Crippen molar-refractivity contribution in [2.45, 2.75) is 103 Å². The van der Waals surface area contributed by atoms with Crippen molar-refractivity contribution in [2.24, 2.45) is 17.8 Å². The molecule has 2 atom stereocenters. The first-order valence-corrected chi connectivity index (χ1v) is 15.5. The number of nitrogens with zero attached hydrogens (tertiary/aromatic N) is 6. The summed E-state index contributed by atoms with van der Waals surface area (Å²) in [6.07, 6.45) is 16.9. The Morgan fingerprint density at radius 1 is 1.05 bits per heavy atom. The molecule has 2 N–H and O–H groups in total. The van der Waals surface area contributed by atoms with Gasteiger partial charge in [0.25, 0.3) is 0 Å². The summed E-state index contributed by atoms with van der Waals surface area (Å²) < 4.78 is 2.34. The van der Waals surface area contributed by atoms with Crippen molar-refractivity contribution >= 4 is 28.9 Å². The molecular weight excluding hydrogens is 502 g/mol. The smallest absolute Gasteiger partial charge is 0.374 e. The lowest BCUT2D eigenvalue weighted by Crippen LogP contribution is -2.36. The van der Waals surface area contributed by atoms with Gasteiger partial charge in [-0.15, -0.1) is 0 Å². The van der Waals surface area contributed by atoms with E-state index in [9.17, 15) is 9.90 Å². The summed E-state index contributed by atoms with van der Waals surface area (Å²) in [6.45, 7) is 6.24. The van der Waals surface area contributed by atoms with Gasteiger partial charge < -0.3 is 19.9 Å². The molecular formula is C31H43N7O2. The van der Waals surface area contributed by atoms with Gasteiger partial charge in [-0.3, -0.25) is 4.98 Å². The zero-order chi connectivity index (χ0) is 27.6. The van der Waals surface area contributed by atoms with Crippen LogP contribution in [0.15, 0.2) is 24.5 Å². The first kappa shape index (κ1) is 27.0. The fourth-order valence-electron chi connectivity index (χ4n) is 7.06. The van der Waals surface area contributed by atoms with E-state index in [1.54, 1.807) is 0 Å². The van der Waals surface area contributed by atoms with E-state index >= 15 is 0 Å². The van der Waals surface area contributed by atoms with E-state index in [0.29, 0.717) is 23.3 Å². The largest absolute Gasteiger partial charge is 0.475 e. The summed E-state index contributed by atoms with van der Waals surface area (Å²) in [4.78, 5) is 33.1. The number of imidazole rings is 1. The van der Waals surface area contributed by atoms with Crippen molar-refractivity contribution in [1.82, 2.24) is 24.5 Å². The Bertz CT molecular complexity index is 1310. The molecule has 6 rings (SSSR count). The highest BCUT2D eigenvalue weighted by Gasteiger charge is 2.33. The Morgan fingerprint density at radius 2 is 1.85 bits per heavy atom. The van der Waals surface area contributed by atoms with Crippen LogP contribution < -0.4 is 10.2 Å². The van der Waals surface area contributed by atoms with Crippen LogP contribution in [0, 0.1) is 17.8 Å². The molecule has 3 aromatic rings. The van der Waals surface area contributed by atoms with Gasteiger partial charge in [0.1, 0.15) is 5.52 Å². The molecule has 0 radical (unpaired) electrons. The number of anilines is 2. The van der Waals surface area contributed by atoms with Crippen molar-refractivity contribution in [1.29, 1.82) is 0 Å². The molecule has 2 aliphatic carbocycles. The van der Waals surface area contributed by atoms with Gasteiger partial charge in [-0.05, 0) is 81.3 Å². The number of aromatic carboxylic acids is 1. The maximum atomic E-state index is 12.1. The lowest BCUT2D eigenvalue weighted by atomic mass is 9.80. The predicted molar refractivity (Wildman–Crippen MR) is 157 cm³/mol. The van der Waals surface area contributed by atoms with Gasteiger partial charge in [0.2, 0.25) is 11.8 Å². The minimum atomic E-state index is -1.12. The first-order valence-electron chi connectivity index (χ1n) is 15.5. The van der Waals surface area contributed by atoms with Gasteiger partial charge in [-0.1, -0.05) is 38.7 Å². The summed E-state index contributed by atoms with van der Waals surface area (Å²) >= 11 is 0. The second kappa shape index (κ2) is 11.7. The SMILES string of the molecule is CCC1CCC(Cn2c(N3CCCCC3c3cccnc3)nc3nc(C(=O)O)nc(NC(C)C4CCC4)c32)CC1. The highest BCUT2D eigenvalue weighted by atomic mass is 16.4. The summed E-state index contributed by atoms with van der Waals surface area (Å²) in [6, 6.07) is 4.54. The van der Waals surface area contributed by atoms with E-state index in [4.69, 9.17) is 4.98 Å². The van der Waals surface area contributed by atoms with Crippen molar-refractivity contribution in [2.75, 3.05) is 16.8 Å². The molecule has 2 saturated carbocycles. The Balaban J connectivity index is 1.46. The quantitative estimate of drug-likeness (QED) is 0.315. The second-order valence-electron chi connectivity index (χ2n) is 12.3. The fourth-order valence-corrected chi connectivity index (χ4v) is 7.06. The average molecular weight is 546 g/mol. The summed E-state index contributed by atoms with van der Waals surface area (Å²) in [5.74, 6) is 2.14. The standard InChI is InChI=1S/C31H43N7O2/c1-3-21-12-14-22(15-13-21)19-38-26-27(33-20(2)23-8-6-9-23)34-29(30(39)40)35-28(26)36-31(38)37-17-5-4-11-25(37)24-10-7-16-32-18-24/h7,10,16,18,20-23,25H,3-6,8-9,11-15,17,19H2,1-2H3,(H,39,40)(H,33,34,35). The lowest BCUT2D eigenvalue weighted by molar-refractivity contribution is 0.0684. The molecule has 9 nitrogen and oxygen atoms in total. The number of rotatable bonds is 9. The van der Waals surface area contributed by atoms with Crippen molar-refractivity contribution in [3.63, 3.8) is 0 Å². The average Bonchev–Trinajstić information content (AvgIpc) is 3.31. The number of fused-ring (bicyclic) bond motifs is 1. The predicted octanol–water partition coefficient (Wildman–Crippen LogP) is 6.47. The number of hydrogen-bond donors (Lipinski definition) is 2. The summed E-state index contributed by atoms with van der Waals surface area (Å²) in [5, 5.41) is 13.5. The topological polar surface area (TPSA) is 109 Å². The Hall–Kier alpha value is -3.23. The zero-order valence-corrected chi connectivity index (χ0v) is 23.9.